The lowest BCUT2D eigenvalue weighted by molar-refractivity contribution is -0.124. The SMILES string of the molecule is O=C(CC1Sc2ccc(Cl)cc2NC1=O)NCCNC1CCCCCC1. The fraction of sp³-hybridized carbons (Fsp3) is 0.579. The van der Waals surface area contributed by atoms with E-state index in [9.17, 15) is 9.59 Å². The van der Waals surface area contributed by atoms with Crippen LogP contribution in [-0.2, 0) is 9.59 Å². The number of rotatable bonds is 6. The van der Waals surface area contributed by atoms with Crippen molar-refractivity contribution in [1.29, 1.82) is 0 Å². The van der Waals surface area contributed by atoms with Crippen LogP contribution in [-0.4, -0.2) is 36.2 Å². The number of anilines is 1. The highest BCUT2D eigenvalue weighted by Gasteiger charge is 2.29. The summed E-state index contributed by atoms with van der Waals surface area (Å²) in [5, 5.41) is 9.48. The molecule has 3 rings (SSSR count). The smallest absolute Gasteiger partial charge is 0.238 e. The Morgan fingerprint density at radius 1 is 1.19 bits per heavy atom. The van der Waals surface area contributed by atoms with Crippen molar-refractivity contribution in [2.45, 2.75) is 61.1 Å². The first kappa shape index (κ1) is 19.5. The number of halogens is 1. The van der Waals surface area contributed by atoms with Gasteiger partial charge in [-0.2, -0.15) is 0 Å². The third kappa shape index (κ3) is 5.63. The Labute approximate surface area is 164 Å². The van der Waals surface area contributed by atoms with Gasteiger partial charge in [-0.15, -0.1) is 11.8 Å². The van der Waals surface area contributed by atoms with E-state index in [1.807, 2.05) is 6.07 Å². The quantitative estimate of drug-likeness (QED) is 0.508. The van der Waals surface area contributed by atoms with Gasteiger partial charge in [-0.3, -0.25) is 9.59 Å². The number of amides is 2. The van der Waals surface area contributed by atoms with Gasteiger partial charge in [0.2, 0.25) is 11.8 Å². The van der Waals surface area contributed by atoms with Crippen LogP contribution in [0.1, 0.15) is 44.9 Å². The molecule has 142 valence electrons. The van der Waals surface area contributed by atoms with Gasteiger partial charge >= 0.3 is 0 Å². The predicted molar refractivity (Wildman–Crippen MR) is 107 cm³/mol. The van der Waals surface area contributed by atoms with Gasteiger partial charge in [0, 0.05) is 35.5 Å². The zero-order valence-electron chi connectivity index (χ0n) is 14.9. The molecule has 5 nitrogen and oxygen atoms in total. The maximum absolute atomic E-state index is 12.2. The molecule has 1 aromatic carbocycles. The summed E-state index contributed by atoms with van der Waals surface area (Å²) in [4.78, 5) is 25.3. The van der Waals surface area contributed by atoms with Gasteiger partial charge in [-0.25, -0.2) is 0 Å². The molecule has 2 aliphatic rings. The largest absolute Gasteiger partial charge is 0.355 e. The normalized spacial score (nSPS) is 20.8. The Kier molecular flexibility index (Phi) is 7.23. The summed E-state index contributed by atoms with van der Waals surface area (Å²) in [6.45, 7) is 1.38. The van der Waals surface area contributed by atoms with Crippen molar-refractivity contribution in [2.75, 3.05) is 18.4 Å². The van der Waals surface area contributed by atoms with Crippen LogP contribution in [0.15, 0.2) is 23.1 Å². The third-order valence-corrected chi connectivity index (χ3v) is 6.38. The van der Waals surface area contributed by atoms with Crippen LogP contribution in [0.2, 0.25) is 5.02 Å². The van der Waals surface area contributed by atoms with Crippen LogP contribution < -0.4 is 16.0 Å². The lowest BCUT2D eigenvalue weighted by atomic mass is 10.1. The average molecular weight is 396 g/mol. The lowest BCUT2D eigenvalue weighted by Gasteiger charge is -2.24. The summed E-state index contributed by atoms with van der Waals surface area (Å²) in [5.41, 5.74) is 0.719. The van der Waals surface area contributed by atoms with E-state index in [2.05, 4.69) is 16.0 Å². The van der Waals surface area contributed by atoms with E-state index < -0.39 is 5.25 Å². The Morgan fingerprint density at radius 2 is 1.96 bits per heavy atom. The zero-order valence-corrected chi connectivity index (χ0v) is 16.4. The van der Waals surface area contributed by atoms with Crippen molar-refractivity contribution in [2.24, 2.45) is 0 Å². The molecule has 3 N–H and O–H groups in total. The van der Waals surface area contributed by atoms with Crippen LogP contribution >= 0.6 is 23.4 Å². The summed E-state index contributed by atoms with van der Waals surface area (Å²) in [6.07, 6.45) is 7.92. The Hall–Kier alpha value is -1.24. The van der Waals surface area contributed by atoms with Gasteiger partial charge in [0.1, 0.15) is 0 Å². The van der Waals surface area contributed by atoms with E-state index in [4.69, 9.17) is 11.6 Å². The molecule has 1 aromatic rings. The number of hydrogen-bond acceptors (Lipinski definition) is 4. The summed E-state index contributed by atoms with van der Waals surface area (Å²) in [7, 11) is 0. The summed E-state index contributed by atoms with van der Waals surface area (Å²) >= 11 is 7.37. The number of thioether (sulfide) groups is 1. The van der Waals surface area contributed by atoms with Crippen molar-refractivity contribution in [3.63, 3.8) is 0 Å². The van der Waals surface area contributed by atoms with Crippen molar-refractivity contribution in [3.8, 4) is 0 Å². The highest BCUT2D eigenvalue weighted by Crippen LogP contribution is 2.38. The topological polar surface area (TPSA) is 70.2 Å². The molecule has 1 saturated carbocycles. The molecule has 0 saturated heterocycles. The zero-order chi connectivity index (χ0) is 18.4. The molecular formula is C19H26ClN3O2S. The van der Waals surface area contributed by atoms with Gasteiger partial charge in [0.25, 0.3) is 0 Å². The van der Waals surface area contributed by atoms with E-state index in [1.165, 1.54) is 50.3 Å². The molecule has 26 heavy (non-hydrogen) atoms. The van der Waals surface area contributed by atoms with Crippen LogP contribution in [0.25, 0.3) is 0 Å². The number of carbonyl (C=O) groups is 2. The second-order valence-electron chi connectivity index (χ2n) is 6.93. The van der Waals surface area contributed by atoms with Crippen molar-refractivity contribution in [3.05, 3.63) is 23.2 Å². The maximum atomic E-state index is 12.2. The minimum absolute atomic E-state index is 0.0854. The number of carbonyl (C=O) groups excluding carboxylic acids is 2. The molecule has 1 aliphatic carbocycles. The van der Waals surface area contributed by atoms with Crippen LogP contribution in [0, 0.1) is 0 Å². The van der Waals surface area contributed by atoms with Crippen molar-refractivity contribution >= 4 is 40.9 Å². The van der Waals surface area contributed by atoms with E-state index in [0.29, 0.717) is 17.6 Å². The number of hydrogen-bond donors (Lipinski definition) is 3. The Bertz CT molecular complexity index is 648. The fourth-order valence-electron chi connectivity index (χ4n) is 3.46. The van der Waals surface area contributed by atoms with E-state index in [0.717, 1.165) is 17.1 Å². The first-order valence-electron chi connectivity index (χ1n) is 9.39. The van der Waals surface area contributed by atoms with Crippen molar-refractivity contribution in [1.82, 2.24) is 10.6 Å². The second-order valence-corrected chi connectivity index (χ2v) is 8.61. The molecular weight excluding hydrogens is 370 g/mol. The summed E-state index contributed by atoms with van der Waals surface area (Å²) in [6, 6.07) is 5.99. The summed E-state index contributed by atoms with van der Waals surface area (Å²) in [5.74, 6) is -0.228. The first-order valence-corrected chi connectivity index (χ1v) is 10.6. The van der Waals surface area contributed by atoms with Crippen LogP contribution in [0.3, 0.4) is 0 Å². The first-order chi connectivity index (χ1) is 12.6. The molecule has 1 fully saturated rings. The fourth-order valence-corrected chi connectivity index (χ4v) is 4.72. The lowest BCUT2D eigenvalue weighted by Crippen LogP contribution is -2.39. The van der Waals surface area contributed by atoms with Gasteiger partial charge in [0.15, 0.2) is 0 Å². The Morgan fingerprint density at radius 3 is 2.73 bits per heavy atom. The average Bonchev–Trinajstić information content (AvgIpc) is 2.88. The number of fused-ring (bicyclic) bond motifs is 1. The second kappa shape index (κ2) is 9.62. The van der Waals surface area contributed by atoms with Gasteiger partial charge in [0.05, 0.1) is 10.9 Å². The molecule has 0 aromatic heterocycles. The monoisotopic (exact) mass is 395 g/mol. The van der Waals surface area contributed by atoms with E-state index >= 15 is 0 Å². The molecule has 0 spiro atoms. The predicted octanol–water partition coefficient (Wildman–Crippen LogP) is 3.57. The molecule has 2 amide bonds. The molecule has 7 heteroatoms. The van der Waals surface area contributed by atoms with Gasteiger partial charge in [-0.1, -0.05) is 37.3 Å². The van der Waals surface area contributed by atoms with Crippen molar-refractivity contribution < 1.29 is 9.59 Å². The molecule has 1 atom stereocenters. The number of benzene rings is 1. The van der Waals surface area contributed by atoms with Gasteiger partial charge in [-0.05, 0) is 31.0 Å². The van der Waals surface area contributed by atoms with Crippen LogP contribution in [0.4, 0.5) is 5.69 Å². The minimum atomic E-state index is -0.404. The van der Waals surface area contributed by atoms with Crippen LogP contribution in [0.5, 0.6) is 0 Å². The van der Waals surface area contributed by atoms with E-state index in [1.54, 1.807) is 12.1 Å². The standard InChI is InChI=1S/C19H26ClN3O2S/c20-13-7-8-16-15(11-13)23-19(25)17(26-16)12-18(24)22-10-9-21-14-5-3-1-2-4-6-14/h7-8,11,14,17,21H,1-6,9-10,12H2,(H,22,24)(H,23,25). The van der Waals surface area contributed by atoms with Gasteiger partial charge < -0.3 is 16.0 Å². The highest BCUT2D eigenvalue weighted by molar-refractivity contribution is 8.01. The molecule has 1 heterocycles. The molecule has 1 aliphatic heterocycles. The molecule has 0 bridgehead atoms. The van der Waals surface area contributed by atoms with E-state index in [-0.39, 0.29) is 18.2 Å². The third-order valence-electron chi connectivity index (χ3n) is 4.87. The maximum Gasteiger partial charge on any atom is 0.238 e. The number of nitrogens with one attached hydrogen (secondary N) is 3. The summed E-state index contributed by atoms with van der Waals surface area (Å²) < 4.78 is 0. The highest BCUT2D eigenvalue weighted by atomic mass is 35.5. The minimum Gasteiger partial charge on any atom is -0.355 e. The Balaban J connectivity index is 1.39. The molecule has 1 unspecified atom stereocenters. The molecule has 0 radical (unpaired) electrons.